The van der Waals surface area contributed by atoms with Crippen LogP contribution in [-0.4, -0.2) is 173 Å². The van der Waals surface area contributed by atoms with Crippen molar-refractivity contribution in [2.75, 3.05) is 102 Å². The first-order valence-electron chi connectivity index (χ1n) is 37.2. The van der Waals surface area contributed by atoms with Gasteiger partial charge in [0.25, 0.3) is 11.8 Å². The number of benzene rings is 7. The van der Waals surface area contributed by atoms with Crippen LogP contribution in [0.4, 0.5) is 42.9 Å². The number of aromatic nitrogens is 12. The van der Waals surface area contributed by atoms with Crippen LogP contribution in [0.5, 0.6) is 23.0 Å². The molecule has 3 aliphatic heterocycles. The van der Waals surface area contributed by atoms with Crippen molar-refractivity contribution in [3.8, 4) is 56.8 Å². The number of likely N-dealkylation sites (tertiary alicyclic amines) is 1. The predicted octanol–water partition coefficient (Wildman–Crippen LogP) is 15.2. The van der Waals surface area contributed by atoms with Crippen molar-refractivity contribution in [1.29, 1.82) is 0 Å². The number of nitrogens with zero attached hydrogens (tertiary/aromatic N) is 17. The summed E-state index contributed by atoms with van der Waals surface area (Å²) in [5, 5.41) is 22.9. The molecule has 27 heteroatoms. The van der Waals surface area contributed by atoms with Gasteiger partial charge in [0.2, 0.25) is 0 Å². The number of ether oxygens (including phenoxy) is 5. The number of hydrogen-bond donors (Lipinski definition) is 1. The summed E-state index contributed by atoms with van der Waals surface area (Å²) in [6, 6.07) is 39.5. The average molecular weight is 1500 g/mol. The van der Waals surface area contributed by atoms with Gasteiger partial charge >= 0.3 is 0 Å². The molecule has 7 aromatic carbocycles. The monoisotopic (exact) mass is 1500 g/mol. The molecule has 2 saturated heterocycles. The molecule has 0 saturated carbocycles. The van der Waals surface area contributed by atoms with Gasteiger partial charge in [-0.1, -0.05) is 12.1 Å². The maximum absolute atomic E-state index is 14.4. The van der Waals surface area contributed by atoms with Gasteiger partial charge in [-0.05, 0) is 158 Å². The normalized spacial score (nSPS) is 14.2. The molecule has 111 heavy (non-hydrogen) atoms. The average Bonchev–Trinajstić information content (AvgIpc) is 1.73. The Morgan fingerprint density at radius 2 is 1.02 bits per heavy atom. The van der Waals surface area contributed by atoms with E-state index in [1.807, 2.05) is 125 Å². The summed E-state index contributed by atoms with van der Waals surface area (Å²) >= 11 is 0. The van der Waals surface area contributed by atoms with E-state index in [4.69, 9.17) is 38.6 Å². The van der Waals surface area contributed by atoms with Gasteiger partial charge in [-0.2, -0.15) is 15.3 Å². The molecule has 0 aliphatic carbocycles. The fraction of sp³-hybridized carbons (Fsp3) is 0.298. The summed E-state index contributed by atoms with van der Waals surface area (Å²) in [4.78, 5) is 64.3. The summed E-state index contributed by atoms with van der Waals surface area (Å²) in [6.07, 6.45) is 23.0. The van der Waals surface area contributed by atoms with Crippen molar-refractivity contribution in [2.45, 2.75) is 71.6 Å². The summed E-state index contributed by atoms with van der Waals surface area (Å²) in [5.74, 6) is 0.838. The van der Waals surface area contributed by atoms with E-state index in [1.54, 1.807) is 106 Å². The summed E-state index contributed by atoms with van der Waals surface area (Å²) in [7, 11) is 6.62. The van der Waals surface area contributed by atoms with Crippen molar-refractivity contribution in [2.24, 2.45) is 7.05 Å². The zero-order valence-corrected chi connectivity index (χ0v) is 63.0. The van der Waals surface area contributed by atoms with Gasteiger partial charge in [-0.15, -0.1) is 0 Å². The van der Waals surface area contributed by atoms with Crippen LogP contribution in [0, 0.1) is 11.6 Å². The molecule has 9 heterocycles. The SMILES string of the molecule is CCOc1cc(F)cc(N(CCO)c2ccc3ncc(-c4cnn(C5CCCCO5)c4)nc3c2)c1.COc1cc(F)cc(N(CCCN2CCCC2)c2ccc3ncc(-c4cnn(C)c4)nc3c2)c1.COc1cc(OC)cc(N(CCN2C(=O)c3ccccc3C2=O)c2ccc3ncc(-c4cnn(C(C)C)c4)nc3c2)c1. The van der Waals surface area contributed by atoms with Gasteiger partial charge in [-0.25, -0.2) is 28.4 Å². The number of hydrogen-bond acceptors (Lipinski definition) is 21. The number of carbonyl (C=O) groups excluding carboxylic acids is 2. The molecule has 570 valence electrons. The van der Waals surface area contributed by atoms with Crippen LogP contribution in [0.1, 0.15) is 92.3 Å². The number of halogens is 2. The van der Waals surface area contributed by atoms with Gasteiger partial charge in [0, 0.05) is 158 Å². The third kappa shape index (κ3) is 17.6. The van der Waals surface area contributed by atoms with Crippen LogP contribution in [-0.2, 0) is 11.8 Å². The lowest BCUT2D eigenvalue weighted by Crippen LogP contribution is -2.36. The van der Waals surface area contributed by atoms with Crippen molar-refractivity contribution >= 4 is 79.0 Å². The van der Waals surface area contributed by atoms with Gasteiger partial charge in [0.15, 0.2) is 0 Å². The number of aliphatic hydroxyl groups excluding tert-OH is 1. The Bertz CT molecular complexity index is 5390. The standard InChI is InChI=1S/C32H30N6O4.C26H29FN6O.C26H28FN5O3/c1-20(2)38-19-21(17-34-38)30-18-33-28-10-9-22(15-29(28)35-30)36(23-13-24(41-3)16-25(14-23)42-4)11-12-37-31(39)26-7-5-6-8-27(26)32(37)40;1-31-18-19(16-29-31)26-17-28-24-7-6-21(15-25(24)30-26)33(11-5-10-32-8-3-4-9-32)22-12-20(27)13-23(14-22)34-2;1-2-34-22-12-19(27)11-21(13-22)31(8-9-33)20-6-7-23-24(14-20)30-25(16-28-23)18-15-29-32(17-18)26-5-3-4-10-35-26/h5-10,13-20H,11-12H2,1-4H3;6-7,12-18H,3-5,8-11H2,1-2H3;6-7,11-17,26,33H,2-5,8-10H2,1H3. The second-order valence-corrected chi connectivity index (χ2v) is 27.4. The van der Waals surface area contributed by atoms with E-state index in [9.17, 15) is 23.5 Å². The lowest BCUT2D eigenvalue weighted by molar-refractivity contribution is -0.0394. The molecule has 13 aromatic rings. The highest BCUT2D eigenvalue weighted by Crippen LogP contribution is 2.38. The number of imide groups is 1. The highest BCUT2D eigenvalue weighted by molar-refractivity contribution is 6.21. The van der Waals surface area contributed by atoms with Crippen LogP contribution in [0.3, 0.4) is 0 Å². The second kappa shape index (κ2) is 34.5. The van der Waals surface area contributed by atoms with E-state index in [0.717, 1.165) is 131 Å². The molecule has 0 bridgehead atoms. The molecular formula is C84H87F2N17O8. The van der Waals surface area contributed by atoms with Crippen LogP contribution >= 0.6 is 0 Å². The third-order valence-electron chi connectivity index (χ3n) is 19.6. The van der Waals surface area contributed by atoms with Gasteiger partial charge < -0.3 is 48.4 Å². The van der Waals surface area contributed by atoms with Gasteiger partial charge in [0.05, 0.1) is 133 Å². The maximum Gasteiger partial charge on any atom is 0.261 e. The number of rotatable bonds is 25. The third-order valence-corrected chi connectivity index (χ3v) is 19.6. The topological polar surface area (TPSA) is 248 Å². The first kappa shape index (κ1) is 75.5. The van der Waals surface area contributed by atoms with Gasteiger partial charge in [0.1, 0.15) is 40.9 Å². The first-order chi connectivity index (χ1) is 54.1. The zero-order valence-electron chi connectivity index (χ0n) is 63.0. The fourth-order valence-electron chi connectivity index (χ4n) is 13.9. The Morgan fingerprint density at radius 3 is 1.52 bits per heavy atom. The highest BCUT2D eigenvalue weighted by Gasteiger charge is 2.35. The molecule has 0 spiro atoms. The maximum atomic E-state index is 14.4. The van der Waals surface area contributed by atoms with Crippen LogP contribution in [0.25, 0.3) is 66.9 Å². The smallest absolute Gasteiger partial charge is 0.261 e. The van der Waals surface area contributed by atoms with Crippen molar-refractivity contribution in [3.05, 3.63) is 212 Å². The fourth-order valence-corrected chi connectivity index (χ4v) is 13.9. The Morgan fingerprint density at radius 1 is 0.523 bits per heavy atom. The molecule has 1 N–H and O–H groups in total. The minimum atomic E-state index is -0.407. The molecule has 6 aromatic heterocycles. The Balaban J connectivity index is 0.000000140. The van der Waals surface area contributed by atoms with Crippen molar-refractivity contribution < 1.29 is 47.2 Å². The van der Waals surface area contributed by atoms with E-state index >= 15 is 0 Å². The number of carbonyl (C=O) groups is 2. The molecule has 3 aliphatic rings. The zero-order chi connectivity index (χ0) is 77.1. The van der Waals surface area contributed by atoms with Crippen LogP contribution in [0.2, 0.25) is 0 Å². The molecule has 1 atom stereocenters. The van der Waals surface area contributed by atoms with Crippen LogP contribution < -0.4 is 33.6 Å². The van der Waals surface area contributed by atoms with Crippen molar-refractivity contribution in [1.82, 2.24) is 69.0 Å². The molecule has 0 radical (unpaired) electrons. The number of fused-ring (bicyclic) bond motifs is 4. The largest absolute Gasteiger partial charge is 0.497 e. The Labute approximate surface area is 641 Å². The number of amides is 2. The van der Waals surface area contributed by atoms with Crippen molar-refractivity contribution in [3.63, 3.8) is 0 Å². The lowest BCUT2D eigenvalue weighted by Gasteiger charge is -2.28. The molecule has 1 unspecified atom stereocenters. The number of methoxy groups -OCH3 is 3. The Hall–Kier alpha value is -12.3. The van der Waals surface area contributed by atoms with E-state index in [1.165, 1.54) is 35.9 Å². The van der Waals surface area contributed by atoms with E-state index in [-0.39, 0.29) is 49.6 Å². The van der Waals surface area contributed by atoms with Crippen LogP contribution in [0.15, 0.2) is 189 Å². The van der Waals surface area contributed by atoms with E-state index < -0.39 is 5.82 Å². The quantitative estimate of drug-likeness (QED) is 0.0522. The van der Waals surface area contributed by atoms with Gasteiger partial charge in [-0.3, -0.25) is 38.8 Å². The molecule has 16 rings (SSSR count). The second-order valence-electron chi connectivity index (χ2n) is 27.4. The first-order valence-corrected chi connectivity index (χ1v) is 37.2. The minimum absolute atomic E-state index is 0.0441. The summed E-state index contributed by atoms with van der Waals surface area (Å²) < 4.78 is 61.9. The number of anilines is 6. The lowest BCUT2D eigenvalue weighted by atomic mass is 10.1. The minimum Gasteiger partial charge on any atom is -0.497 e. The highest BCUT2D eigenvalue weighted by atomic mass is 19.1. The van der Waals surface area contributed by atoms with E-state index in [0.29, 0.717) is 75.4 Å². The molecule has 2 fully saturated rings. The summed E-state index contributed by atoms with van der Waals surface area (Å²) in [5.41, 5.74) is 14.8. The molecule has 2 amide bonds. The number of aryl methyl sites for hydroxylation is 1. The van der Waals surface area contributed by atoms with E-state index in [2.05, 4.69) is 53.9 Å². The Kier molecular flexibility index (Phi) is 23.5. The predicted molar refractivity (Wildman–Crippen MR) is 423 cm³/mol. The number of aliphatic hydroxyl groups is 1. The molecule has 25 nitrogen and oxygen atoms in total. The summed E-state index contributed by atoms with van der Waals surface area (Å²) in [6.45, 7) is 11.9. The molecular weight excluding hydrogens is 1410 g/mol.